The van der Waals surface area contributed by atoms with Gasteiger partial charge in [-0.2, -0.15) is 0 Å². The molecule has 1 aliphatic carbocycles. The topological polar surface area (TPSA) is 129 Å². The van der Waals surface area contributed by atoms with Crippen molar-refractivity contribution >= 4 is 17.5 Å². The van der Waals surface area contributed by atoms with Gasteiger partial charge in [0.1, 0.15) is 5.82 Å². The number of aromatic nitrogens is 4. The molecular formula is C24H25N7O3. The Labute approximate surface area is 195 Å². The van der Waals surface area contributed by atoms with E-state index >= 15 is 0 Å². The Kier molecular flexibility index (Phi) is 5.84. The van der Waals surface area contributed by atoms with Crippen molar-refractivity contribution in [2.45, 2.75) is 24.2 Å². The summed E-state index contributed by atoms with van der Waals surface area (Å²) in [6.45, 7) is 0. The van der Waals surface area contributed by atoms with Crippen LogP contribution in [0.3, 0.4) is 0 Å². The largest absolute Gasteiger partial charge is 0.391 e. The molecule has 1 saturated carbocycles. The van der Waals surface area contributed by atoms with Crippen molar-refractivity contribution in [1.29, 1.82) is 0 Å². The van der Waals surface area contributed by atoms with Gasteiger partial charge in [0.15, 0.2) is 0 Å². The highest BCUT2D eigenvalue weighted by Gasteiger charge is 2.52. The van der Waals surface area contributed by atoms with Crippen molar-refractivity contribution in [2.24, 2.45) is 7.05 Å². The van der Waals surface area contributed by atoms with E-state index in [-0.39, 0.29) is 5.56 Å². The maximum absolute atomic E-state index is 13.6. The lowest BCUT2D eigenvalue weighted by molar-refractivity contribution is -0.0863. The molecule has 0 spiro atoms. The van der Waals surface area contributed by atoms with E-state index in [0.29, 0.717) is 23.0 Å². The molecule has 10 nitrogen and oxygen atoms in total. The minimum Gasteiger partial charge on any atom is -0.391 e. The molecule has 5 N–H and O–H groups in total. The predicted molar refractivity (Wildman–Crippen MR) is 128 cm³/mol. The summed E-state index contributed by atoms with van der Waals surface area (Å²) in [5.41, 5.74) is 7.12. The first-order valence-corrected chi connectivity index (χ1v) is 10.9. The van der Waals surface area contributed by atoms with Crippen LogP contribution in [0.2, 0.25) is 0 Å². The van der Waals surface area contributed by atoms with Crippen LogP contribution in [-0.4, -0.2) is 47.8 Å². The summed E-state index contributed by atoms with van der Waals surface area (Å²) in [6, 6.07) is 19.7. The Balaban J connectivity index is 1.49. The molecule has 2 unspecified atom stereocenters. The number of benzene rings is 2. The third-order valence-electron chi connectivity index (χ3n) is 6.06. The number of hydrogen-bond donors (Lipinski definition) is 5. The summed E-state index contributed by atoms with van der Waals surface area (Å²) in [6.07, 6.45) is 1.10. The molecule has 0 radical (unpaired) electrons. The first-order chi connectivity index (χ1) is 16.6. The number of para-hydroxylation sites is 2. The summed E-state index contributed by atoms with van der Waals surface area (Å²) in [5.74, 6) is 0.00903. The number of anilines is 3. The van der Waals surface area contributed by atoms with Gasteiger partial charge in [0, 0.05) is 31.0 Å². The van der Waals surface area contributed by atoms with E-state index in [1.54, 1.807) is 30.2 Å². The molecule has 0 saturated heterocycles. The number of aliphatic hydroxyl groups is 2. The highest BCUT2D eigenvalue weighted by molar-refractivity contribution is 5.62. The fraction of sp³-hybridized carbons (Fsp3) is 0.208. The Hall–Kier alpha value is -3.99. The number of rotatable bonds is 7. The first kappa shape index (κ1) is 21.8. The van der Waals surface area contributed by atoms with Crippen LogP contribution < -0.4 is 21.7 Å². The first-order valence-electron chi connectivity index (χ1n) is 10.9. The highest BCUT2D eigenvalue weighted by Crippen LogP contribution is 2.40. The summed E-state index contributed by atoms with van der Waals surface area (Å²) in [4.78, 5) is 21.7. The molecule has 0 bridgehead atoms. The molecule has 2 aromatic carbocycles. The molecule has 34 heavy (non-hydrogen) atoms. The fourth-order valence-corrected chi connectivity index (χ4v) is 4.32. The Morgan fingerprint density at radius 1 is 0.882 bits per heavy atom. The number of hydrogen-bond acceptors (Lipinski definition) is 8. The zero-order valence-corrected chi connectivity index (χ0v) is 18.4. The Bertz CT molecular complexity index is 1300. The molecule has 0 amide bonds. The number of nitrogens with one attached hydrogen (secondary N) is 3. The van der Waals surface area contributed by atoms with E-state index in [1.165, 1.54) is 4.68 Å². The third-order valence-corrected chi connectivity index (χ3v) is 6.06. The van der Waals surface area contributed by atoms with Crippen molar-refractivity contribution in [2.75, 3.05) is 10.7 Å². The molecule has 2 atom stereocenters. The standard InChI is InChI=1S/C24H25N7O3/c1-30-22(27-15-9-4-2-5-10-15)18(23(34)31(30)16-11-6-3-7-12-16)17-20(32)19(21(17)33)28-29-24-25-13-8-14-26-24/h2-14,17,19-21,27-28,32-33H,1H3,(H,25,26,29). The number of nitrogens with zero attached hydrogens (tertiary/aromatic N) is 4. The highest BCUT2D eigenvalue weighted by atomic mass is 16.3. The summed E-state index contributed by atoms with van der Waals surface area (Å²) >= 11 is 0. The molecule has 2 heterocycles. The van der Waals surface area contributed by atoms with Crippen LogP contribution in [0.5, 0.6) is 0 Å². The van der Waals surface area contributed by atoms with Crippen molar-refractivity contribution < 1.29 is 10.2 Å². The second kappa shape index (κ2) is 9.10. The minimum atomic E-state index is -1.03. The van der Waals surface area contributed by atoms with E-state index in [1.807, 2.05) is 60.7 Å². The van der Waals surface area contributed by atoms with Crippen LogP contribution in [0, 0.1) is 0 Å². The Morgan fingerprint density at radius 3 is 2.15 bits per heavy atom. The van der Waals surface area contributed by atoms with Crippen molar-refractivity contribution in [3.63, 3.8) is 0 Å². The average molecular weight is 460 g/mol. The Morgan fingerprint density at radius 2 is 1.50 bits per heavy atom. The molecule has 1 aliphatic rings. The van der Waals surface area contributed by atoms with Gasteiger partial charge < -0.3 is 15.5 Å². The number of aliphatic hydroxyl groups excluding tert-OH is 2. The molecule has 174 valence electrons. The smallest absolute Gasteiger partial charge is 0.277 e. The van der Waals surface area contributed by atoms with Gasteiger partial charge >= 0.3 is 0 Å². The molecule has 4 aromatic rings. The van der Waals surface area contributed by atoms with Crippen LogP contribution in [0.15, 0.2) is 83.9 Å². The van der Waals surface area contributed by atoms with Gasteiger partial charge in [-0.25, -0.2) is 20.1 Å². The normalized spacial score (nSPS) is 21.6. The quantitative estimate of drug-likeness (QED) is 0.263. The second-order valence-electron chi connectivity index (χ2n) is 8.10. The fourth-order valence-electron chi connectivity index (χ4n) is 4.32. The van der Waals surface area contributed by atoms with E-state index in [2.05, 4.69) is 26.1 Å². The number of hydrazine groups is 1. The monoisotopic (exact) mass is 459 g/mol. The average Bonchev–Trinajstić information content (AvgIpc) is 3.10. The SMILES string of the molecule is Cn1c(Nc2ccccc2)c(C2C(O)C(NNc3ncccn3)C2O)c(=O)n1-c1ccccc1. The van der Waals surface area contributed by atoms with E-state index in [4.69, 9.17) is 0 Å². The van der Waals surface area contributed by atoms with Gasteiger partial charge in [0.2, 0.25) is 5.95 Å². The summed E-state index contributed by atoms with van der Waals surface area (Å²) in [7, 11) is 1.77. The van der Waals surface area contributed by atoms with Crippen molar-refractivity contribution in [3.05, 3.63) is 95.0 Å². The molecule has 1 fully saturated rings. The van der Waals surface area contributed by atoms with Gasteiger partial charge in [-0.05, 0) is 30.3 Å². The van der Waals surface area contributed by atoms with Crippen molar-refractivity contribution in [3.8, 4) is 5.69 Å². The van der Waals surface area contributed by atoms with E-state index in [0.717, 1.165) is 5.69 Å². The van der Waals surface area contributed by atoms with Gasteiger partial charge in [-0.3, -0.25) is 14.9 Å². The summed E-state index contributed by atoms with van der Waals surface area (Å²) in [5, 5.41) is 25.2. The second-order valence-corrected chi connectivity index (χ2v) is 8.10. The molecule has 2 aromatic heterocycles. The van der Waals surface area contributed by atoms with Crippen LogP contribution in [0.25, 0.3) is 5.69 Å². The zero-order chi connectivity index (χ0) is 23.7. The minimum absolute atomic E-state index is 0.308. The molecular weight excluding hydrogens is 434 g/mol. The van der Waals surface area contributed by atoms with Gasteiger partial charge in [0.05, 0.1) is 29.5 Å². The summed E-state index contributed by atoms with van der Waals surface area (Å²) < 4.78 is 3.23. The van der Waals surface area contributed by atoms with Crippen molar-refractivity contribution in [1.82, 2.24) is 24.8 Å². The zero-order valence-electron chi connectivity index (χ0n) is 18.4. The predicted octanol–water partition coefficient (Wildman–Crippen LogP) is 1.51. The lowest BCUT2D eigenvalue weighted by Gasteiger charge is -2.46. The maximum atomic E-state index is 13.6. The van der Waals surface area contributed by atoms with E-state index in [9.17, 15) is 15.0 Å². The third kappa shape index (κ3) is 3.83. The van der Waals surface area contributed by atoms with Crippen LogP contribution >= 0.6 is 0 Å². The van der Waals surface area contributed by atoms with Gasteiger partial charge in [-0.1, -0.05) is 36.4 Å². The van der Waals surface area contributed by atoms with Gasteiger partial charge in [-0.15, -0.1) is 0 Å². The van der Waals surface area contributed by atoms with Gasteiger partial charge in [0.25, 0.3) is 5.56 Å². The van der Waals surface area contributed by atoms with Crippen LogP contribution in [0.4, 0.5) is 17.5 Å². The molecule has 5 rings (SSSR count). The van der Waals surface area contributed by atoms with E-state index < -0.39 is 24.2 Å². The van der Waals surface area contributed by atoms with Crippen LogP contribution in [-0.2, 0) is 7.05 Å². The molecule has 10 heteroatoms. The van der Waals surface area contributed by atoms with Crippen LogP contribution in [0.1, 0.15) is 11.5 Å². The maximum Gasteiger partial charge on any atom is 0.277 e. The lowest BCUT2D eigenvalue weighted by Crippen LogP contribution is -2.66. The lowest BCUT2D eigenvalue weighted by atomic mass is 9.70. The molecule has 0 aliphatic heterocycles.